The Balaban J connectivity index is 1.29. The number of amides is 3. The van der Waals surface area contributed by atoms with Gasteiger partial charge in [0.2, 0.25) is 5.91 Å². The molecular formula is C30H26F4N6O4S. The fourth-order valence-electron chi connectivity index (χ4n) is 4.42. The molecule has 2 heterocycles. The van der Waals surface area contributed by atoms with E-state index in [1.807, 2.05) is 6.92 Å². The number of carbonyl (C=O) groups excluding carboxylic acids is 2. The van der Waals surface area contributed by atoms with Crippen LogP contribution < -0.4 is 15.0 Å². The van der Waals surface area contributed by atoms with Crippen molar-refractivity contribution >= 4 is 40.2 Å². The zero-order valence-corrected chi connectivity index (χ0v) is 24.7. The quantitative estimate of drug-likeness (QED) is 0.194. The molecule has 15 heteroatoms. The zero-order chi connectivity index (χ0) is 32.1. The van der Waals surface area contributed by atoms with Gasteiger partial charge in [-0.05, 0) is 73.5 Å². The number of hydrogen-bond acceptors (Lipinski definition) is 7. The number of benzene rings is 3. The predicted molar refractivity (Wildman–Crippen MR) is 161 cm³/mol. The molecule has 0 atom stereocenters. The normalized spacial score (nSPS) is 14.2. The molecule has 0 radical (unpaired) electrons. The molecule has 0 spiro atoms. The number of aryl methyl sites for hydroxylation is 2. The number of nitrogens with zero attached hydrogens (tertiary/aromatic N) is 5. The number of urea groups is 1. The summed E-state index contributed by atoms with van der Waals surface area (Å²) in [6.07, 6.45) is -1.14. The van der Waals surface area contributed by atoms with Crippen LogP contribution in [-0.2, 0) is 16.1 Å². The van der Waals surface area contributed by atoms with Crippen molar-refractivity contribution in [1.82, 2.24) is 14.8 Å². The Kier molecular flexibility index (Phi) is 9.78. The number of ether oxygens (including phenoxy) is 2. The summed E-state index contributed by atoms with van der Waals surface area (Å²) in [6, 6.07) is 15.6. The van der Waals surface area contributed by atoms with Crippen LogP contribution in [0.25, 0.3) is 17.1 Å². The van der Waals surface area contributed by atoms with Crippen LogP contribution in [0, 0.1) is 13.8 Å². The molecule has 234 valence electrons. The second-order valence-corrected chi connectivity index (χ2v) is 10.7. The lowest BCUT2D eigenvalue weighted by molar-refractivity contribution is -0.115. The smallest absolute Gasteiger partial charge is 0.387 e. The van der Waals surface area contributed by atoms with E-state index < -0.39 is 25.7 Å². The molecule has 1 N–H and O–H groups in total. The van der Waals surface area contributed by atoms with Crippen LogP contribution in [0.1, 0.15) is 16.7 Å². The lowest BCUT2D eigenvalue weighted by Crippen LogP contribution is -2.31. The number of alkyl halides is 4. The standard InChI is InChI=1S/C30H26F4N6O4S/c1-17-3-4-20(13-43-14-25(31)32)24(11-17)40-26(41)15-45-30(40)37-29(42)36-23-10-5-19(12-18(23)2)27-35-16-39(38-27)21-6-8-22(9-7-21)44-28(33)34/h3-12,16,25,28H,13-15H2,1-2H3,(H,36,42)/b37-30-. The van der Waals surface area contributed by atoms with Gasteiger partial charge in [0.15, 0.2) is 11.0 Å². The van der Waals surface area contributed by atoms with Crippen LogP contribution >= 0.6 is 11.8 Å². The number of hydrogen-bond donors (Lipinski definition) is 1. The molecule has 0 unspecified atom stereocenters. The van der Waals surface area contributed by atoms with Gasteiger partial charge in [0.1, 0.15) is 18.7 Å². The van der Waals surface area contributed by atoms with Gasteiger partial charge in [-0.25, -0.2) is 23.2 Å². The number of nitrogens with one attached hydrogen (secondary N) is 1. The highest BCUT2D eigenvalue weighted by Gasteiger charge is 2.32. The lowest BCUT2D eigenvalue weighted by atomic mass is 10.1. The van der Waals surface area contributed by atoms with Crippen molar-refractivity contribution in [3.8, 4) is 22.8 Å². The van der Waals surface area contributed by atoms with Gasteiger partial charge in [0, 0.05) is 16.8 Å². The Morgan fingerprint density at radius 1 is 1.07 bits per heavy atom. The summed E-state index contributed by atoms with van der Waals surface area (Å²) >= 11 is 1.09. The summed E-state index contributed by atoms with van der Waals surface area (Å²) in [4.78, 5) is 35.6. The molecule has 5 rings (SSSR count). The molecule has 0 aliphatic carbocycles. The number of aromatic nitrogens is 3. The van der Waals surface area contributed by atoms with Crippen LogP contribution in [0.3, 0.4) is 0 Å². The second-order valence-electron chi connectivity index (χ2n) is 9.80. The predicted octanol–water partition coefficient (Wildman–Crippen LogP) is 6.60. The Hall–Kier alpha value is -4.76. The van der Waals surface area contributed by atoms with E-state index in [9.17, 15) is 27.2 Å². The first-order chi connectivity index (χ1) is 21.6. The van der Waals surface area contributed by atoms with Crippen LogP contribution in [0.4, 0.5) is 33.7 Å². The average molecular weight is 643 g/mol. The monoisotopic (exact) mass is 642 g/mol. The molecule has 4 aromatic rings. The van der Waals surface area contributed by atoms with E-state index in [4.69, 9.17) is 4.74 Å². The zero-order valence-electron chi connectivity index (χ0n) is 23.9. The minimum atomic E-state index is -2.92. The summed E-state index contributed by atoms with van der Waals surface area (Å²) in [6.45, 7) is -0.204. The molecule has 45 heavy (non-hydrogen) atoms. The Morgan fingerprint density at radius 3 is 2.56 bits per heavy atom. The SMILES string of the molecule is Cc1ccc(COCC(F)F)c(N2C(=O)CS/C2=N\C(=O)Nc2ccc(-c3ncn(-c4ccc(OC(F)F)cc4)n3)cc2C)c1. The molecule has 1 aliphatic heterocycles. The number of amidine groups is 1. The topological polar surface area (TPSA) is 111 Å². The molecule has 10 nitrogen and oxygen atoms in total. The highest BCUT2D eigenvalue weighted by Crippen LogP contribution is 2.32. The summed E-state index contributed by atoms with van der Waals surface area (Å²) < 4.78 is 61.0. The number of thioether (sulfide) groups is 1. The van der Waals surface area contributed by atoms with Crippen LogP contribution in [-0.4, -0.2) is 57.3 Å². The third-order valence-electron chi connectivity index (χ3n) is 6.49. The average Bonchev–Trinajstić information content (AvgIpc) is 3.62. The van der Waals surface area contributed by atoms with Crippen molar-refractivity contribution in [1.29, 1.82) is 0 Å². The largest absolute Gasteiger partial charge is 0.435 e. The maximum atomic E-state index is 13.0. The number of halogens is 4. The first-order valence-electron chi connectivity index (χ1n) is 13.5. The first kappa shape index (κ1) is 31.7. The minimum Gasteiger partial charge on any atom is -0.435 e. The summed E-state index contributed by atoms with van der Waals surface area (Å²) in [7, 11) is 0. The number of aliphatic imine (C=N–C) groups is 1. The lowest BCUT2D eigenvalue weighted by Gasteiger charge is -2.20. The summed E-state index contributed by atoms with van der Waals surface area (Å²) in [5, 5.41) is 7.32. The van der Waals surface area contributed by atoms with Crippen molar-refractivity contribution in [2.24, 2.45) is 4.99 Å². The Labute approximate surface area is 259 Å². The molecule has 1 aromatic heterocycles. The van der Waals surface area contributed by atoms with E-state index in [2.05, 4.69) is 25.1 Å². The van der Waals surface area contributed by atoms with Crippen molar-refractivity contribution in [3.05, 3.63) is 83.7 Å². The first-order valence-corrected chi connectivity index (χ1v) is 14.4. The van der Waals surface area contributed by atoms with Crippen molar-refractivity contribution in [3.63, 3.8) is 0 Å². The van der Waals surface area contributed by atoms with E-state index in [0.717, 1.165) is 17.3 Å². The number of anilines is 2. The van der Waals surface area contributed by atoms with E-state index >= 15 is 0 Å². The van der Waals surface area contributed by atoms with Gasteiger partial charge >= 0.3 is 12.6 Å². The maximum Gasteiger partial charge on any atom is 0.387 e. The maximum absolute atomic E-state index is 13.0. The van der Waals surface area contributed by atoms with Crippen LogP contribution in [0.5, 0.6) is 5.75 Å². The van der Waals surface area contributed by atoms with Crippen molar-refractivity contribution in [2.45, 2.75) is 33.5 Å². The van der Waals surface area contributed by atoms with Gasteiger partial charge in [-0.3, -0.25) is 9.69 Å². The Morgan fingerprint density at radius 2 is 1.84 bits per heavy atom. The molecule has 0 bridgehead atoms. The third-order valence-corrected chi connectivity index (χ3v) is 7.41. The number of rotatable bonds is 10. The third kappa shape index (κ3) is 7.85. The van der Waals surface area contributed by atoms with Crippen LogP contribution in [0.2, 0.25) is 0 Å². The van der Waals surface area contributed by atoms with Crippen molar-refractivity contribution in [2.75, 3.05) is 22.6 Å². The van der Waals surface area contributed by atoms with Gasteiger partial charge in [-0.2, -0.15) is 13.8 Å². The van der Waals surface area contributed by atoms with E-state index in [-0.39, 0.29) is 29.2 Å². The molecule has 0 saturated carbocycles. The van der Waals surface area contributed by atoms with Gasteiger partial charge in [-0.1, -0.05) is 23.9 Å². The Bertz CT molecular complexity index is 1730. The fraction of sp³-hybridized carbons (Fsp3) is 0.233. The second kappa shape index (κ2) is 13.9. The highest BCUT2D eigenvalue weighted by molar-refractivity contribution is 8.15. The molecule has 1 fully saturated rings. The highest BCUT2D eigenvalue weighted by atomic mass is 32.2. The summed E-state index contributed by atoms with van der Waals surface area (Å²) in [5.41, 5.74) is 4.16. The summed E-state index contributed by atoms with van der Waals surface area (Å²) in [5.74, 6) is 0.165. The number of carbonyl (C=O) groups is 2. The molecule has 3 amide bonds. The van der Waals surface area contributed by atoms with Crippen LogP contribution in [0.15, 0.2) is 72.0 Å². The van der Waals surface area contributed by atoms with Gasteiger partial charge in [0.25, 0.3) is 6.43 Å². The van der Waals surface area contributed by atoms with E-state index in [1.54, 1.807) is 55.5 Å². The molecule has 3 aromatic carbocycles. The van der Waals surface area contributed by atoms with Gasteiger partial charge < -0.3 is 14.8 Å². The van der Waals surface area contributed by atoms with Crippen molar-refractivity contribution < 1.29 is 36.6 Å². The fourth-order valence-corrected chi connectivity index (χ4v) is 5.28. The van der Waals surface area contributed by atoms with Gasteiger partial charge in [0.05, 0.1) is 23.7 Å². The minimum absolute atomic E-state index is 0.0235. The van der Waals surface area contributed by atoms with E-state index in [1.165, 1.54) is 28.0 Å². The van der Waals surface area contributed by atoms with E-state index in [0.29, 0.717) is 39.6 Å². The molecule has 1 saturated heterocycles. The van der Waals surface area contributed by atoms with Gasteiger partial charge in [-0.15, -0.1) is 5.10 Å². The molecular weight excluding hydrogens is 616 g/mol. The molecule has 1 aliphatic rings.